The van der Waals surface area contributed by atoms with E-state index in [1.807, 2.05) is 51.9 Å². The van der Waals surface area contributed by atoms with Crippen LogP contribution < -0.4 is 0 Å². The van der Waals surface area contributed by atoms with E-state index in [-0.39, 0.29) is 18.1 Å². The van der Waals surface area contributed by atoms with E-state index in [0.717, 1.165) is 30.4 Å². The Kier molecular flexibility index (Phi) is 11.3. The maximum atomic E-state index is 10.8. The molecule has 2 atom stereocenters. The largest absolute Gasteiger partial charge is 0.350 e. The van der Waals surface area contributed by atoms with E-state index < -0.39 is 0 Å². The van der Waals surface area contributed by atoms with Gasteiger partial charge in [0.2, 0.25) is 0 Å². The Morgan fingerprint density at radius 3 is 1.77 bits per heavy atom. The number of aromatic nitrogens is 4. The Labute approximate surface area is 247 Å². The molecule has 5 rings (SSSR count). The number of nitrogens with zero attached hydrogens (tertiary/aromatic N) is 4. The molecule has 3 heterocycles. The van der Waals surface area contributed by atoms with Crippen LogP contribution in [0, 0.1) is 0 Å². The van der Waals surface area contributed by atoms with Crippen molar-refractivity contribution in [3.8, 4) is 0 Å². The summed E-state index contributed by atoms with van der Waals surface area (Å²) in [5.41, 5.74) is 2.13. The number of hydrogen-bond donors (Lipinski definition) is 0. The van der Waals surface area contributed by atoms with Gasteiger partial charge in [0, 0.05) is 62.6 Å². The zero-order valence-electron chi connectivity index (χ0n) is 21.0. The molecule has 0 N–H and O–H groups in total. The van der Waals surface area contributed by atoms with Gasteiger partial charge in [-0.25, -0.2) is 9.97 Å². The Hall–Kier alpha value is -2.39. The van der Waals surface area contributed by atoms with Crippen LogP contribution in [0.15, 0.2) is 73.8 Å². The third-order valence-electron chi connectivity index (χ3n) is 6.36. The van der Waals surface area contributed by atoms with Gasteiger partial charge in [0.25, 0.3) is 0 Å². The van der Waals surface area contributed by atoms with Crippen molar-refractivity contribution in [1.29, 1.82) is 0 Å². The number of ether oxygens (including phenoxy) is 2. The van der Waals surface area contributed by atoms with Crippen LogP contribution in [-0.2, 0) is 27.4 Å². The number of benzene rings is 2. The van der Waals surface area contributed by atoms with Crippen molar-refractivity contribution in [2.75, 3.05) is 13.2 Å². The van der Waals surface area contributed by atoms with Crippen LogP contribution >= 0.6 is 46.4 Å². The molecule has 2 aromatic heterocycles. The highest BCUT2D eigenvalue weighted by Gasteiger charge is 2.23. The summed E-state index contributed by atoms with van der Waals surface area (Å²) in [6, 6.07) is 11.2. The van der Waals surface area contributed by atoms with Crippen molar-refractivity contribution in [2.45, 2.75) is 44.1 Å². The van der Waals surface area contributed by atoms with Crippen LogP contribution in [0.1, 0.15) is 35.8 Å². The third-order valence-corrected chi connectivity index (χ3v) is 7.84. The first-order chi connectivity index (χ1) is 18.9. The van der Waals surface area contributed by atoms with Gasteiger partial charge in [-0.05, 0) is 35.4 Å². The van der Waals surface area contributed by atoms with Gasteiger partial charge in [-0.3, -0.25) is 0 Å². The molecular weight excluding hydrogens is 582 g/mol. The topological polar surface area (TPSA) is 71.2 Å². The van der Waals surface area contributed by atoms with Gasteiger partial charge in [-0.2, -0.15) is 0 Å². The van der Waals surface area contributed by atoms with E-state index in [0.29, 0.717) is 46.3 Å². The molecule has 4 aromatic rings. The minimum Gasteiger partial charge on any atom is -0.350 e. The number of halogens is 4. The molecule has 0 aliphatic carbocycles. The lowest BCUT2D eigenvalue weighted by Gasteiger charge is -2.21. The lowest BCUT2D eigenvalue weighted by molar-refractivity contribution is -0.108. The van der Waals surface area contributed by atoms with Gasteiger partial charge in [0.1, 0.15) is 6.29 Å². The standard InChI is InChI=1S/C15H16Cl2N2O2.C13H12Cl2N2O/c16-13-2-1-11(7-14(13)17)12(8-15-20-5-6-21-15)9-19-4-3-18-10-19;14-12-2-1-10(7-13(12)15)11(3-6-18)8-17-5-4-16-9-17/h1-4,7,10,12,15H,5-6,8-9H2;1-2,4-7,9,11H,3,8H2. The van der Waals surface area contributed by atoms with Crippen LogP contribution in [0.3, 0.4) is 0 Å². The van der Waals surface area contributed by atoms with Gasteiger partial charge in [-0.1, -0.05) is 58.5 Å². The fourth-order valence-corrected chi connectivity index (χ4v) is 4.97. The number of rotatable bonds is 10. The number of aldehydes is 1. The molecule has 2 aromatic carbocycles. The van der Waals surface area contributed by atoms with Crippen LogP contribution in [0.2, 0.25) is 20.1 Å². The normalized spacial score (nSPS) is 15.0. The fourth-order valence-electron chi connectivity index (χ4n) is 4.35. The molecular formula is C28H28Cl4N4O3. The minimum absolute atomic E-state index is 0.0754. The second-order valence-electron chi connectivity index (χ2n) is 9.07. The highest BCUT2D eigenvalue weighted by molar-refractivity contribution is 6.42. The molecule has 0 saturated carbocycles. The highest BCUT2D eigenvalue weighted by atomic mass is 35.5. The summed E-state index contributed by atoms with van der Waals surface area (Å²) in [4.78, 5) is 18.9. The first-order valence-corrected chi connectivity index (χ1v) is 13.9. The van der Waals surface area contributed by atoms with Crippen molar-refractivity contribution in [1.82, 2.24) is 19.1 Å². The molecule has 7 nitrogen and oxygen atoms in total. The Balaban J connectivity index is 0.000000183. The zero-order valence-corrected chi connectivity index (χ0v) is 24.0. The van der Waals surface area contributed by atoms with Crippen LogP contribution in [-0.4, -0.2) is 44.9 Å². The van der Waals surface area contributed by atoms with E-state index in [9.17, 15) is 4.79 Å². The second-order valence-corrected chi connectivity index (χ2v) is 10.7. The Bertz CT molecular complexity index is 1310. The molecule has 2 unspecified atom stereocenters. The van der Waals surface area contributed by atoms with Crippen molar-refractivity contribution >= 4 is 52.7 Å². The molecule has 1 aliphatic heterocycles. The molecule has 1 aliphatic rings. The summed E-state index contributed by atoms with van der Waals surface area (Å²) < 4.78 is 15.1. The van der Waals surface area contributed by atoms with Crippen molar-refractivity contribution in [3.05, 3.63) is 105 Å². The van der Waals surface area contributed by atoms with E-state index in [1.54, 1.807) is 31.1 Å². The first-order valence-electron chi connectivity index (χ1n) is 12.4. The van der Waals surface area contributed by atoms with Crippen molar-refractivity contribution in [2.24, 2.45) is 0 Å². The molecule has 0 spiro atoms. The van der Waals surface area contributed by atoms with Gasteiger partial charge in [0.05, 0.1) is 46.0 Å². The highest BCUT2D eigenvalue weighted by Crippen LogP contribution is 2.31. The van der Waals surface area contributed by atoms with Crippen LogP contribution in [0.25, 0.3) is 0 Å². The number of carbonyl (C=O) groups is 1. The maximum Gasteiger partial charge on any atom is 0.158 e. The third kappa shape index (κ3) is 8.80. The smallest absolute Gasteiger partial charge is 0.158 e. The predicted octanol–water partition coefficient (Wildman–Crippen LogP) is 7.30. The second kappa shape index (κ2) is 14.8. The molecule has 1 fully saturated rings. The van der Waals surface area contributed by atoms with E-state index in [2.05, 4.69) is 9.97 Å². The molecule has 39 heavy (non-hydrogen) atoms. The first kappa shape index (κ1) is 29.6. The fraction of sp³-hybridized carbons (Fsp3) is 0.321. The molecule has 0 amide bonds. The Morgan fingerprint density at radius 2 is 1.31 bits per heavy atom. The summed E-state index contributed by atoms with van der Waals surface area (Å²) in [7, 11) is 0. The average molecular weight is 610 g/mol. The van der Waals surface area contributed by atoms with E-state index >= 15 is 0 Å². The number of imidazole rings is 2. The van der Waals surface area contributed by atoms with Gasteiger partial charge >= 0.3 is 0 Å². The van der Waals surface area contributed by atoms with Crippen LogP contribution in [0.4, 0.5) is 0 Å². The van der Waals surface area contributed by atoms with Crippen molar-refractivity contribution in [3.63, 3.8) is 0 Å². The lowest BCUT2D eigenvalue weighted by Crippen LogP contribution is -2.17. The summed E-state index contributed by atoms with van der Waals surface area (Å²) in [6.45, 7) is 2.80. The summed E-state index contributed by atoms with van der Waals surface area (Å²) in [6.07, 6.45) is 12.8. The molecule has 11 heteroatoms. The van der Waals surface area contributed by atoms with Crippen molar-refractivity contribution < 1.29 is 14.3 Å². The summed E-state index contributed by atoms with van der Waals surface area (Å²) >= 11 is 24.0. The van der Waals surface area contributed by atoms with E-state index in [4.69, 9.17) is 55.9 Å². The summed E-state index contributed by atoms with van der Waals surface area (Å²) in [5.74, 6) is 0.295. The lowest BCUT2D eigenvalue weighted by atomic mass is 9.95. The maximum absolute atomic E-state index is 10.8. The summed E-state index contributed by atoms with van der Waals surface area (Å²) in [5, 5.41) is 2.16. The Morgan fingerprint density at radius 1 is 0.795 bits per heavy atom. The minimum atomic E-state index is -0.159. The van der Waals surface area contributed by atoms with E-state index in [1.165, 1.54) is 0 Å². The number of carbonyl (C=O) groups excluding carboxylic acids is 1. The molecule has 206 valence electrons. The zero-order chi connectivity index (χ0) is 27.6. The van der Waals surface area contributed by atoms with Gasteiger partial charge < -0.3 is 23.4 Å². The van der Waals surface area contributed by atoms with Crippen LogP contribution in [0.5, 0.6) is 0 Å². The molecule has 0 bridgehead atoms. The van der Waals surface area contributed by atoms with Gasteiger partial charge in [0.15, 0.2) is 6.29 Å². The monoisotopic (exact) mass is 608 g/mol. The average Bonchev–Trinajstić information content (AvgIpc) is 3.72. The quantitative estimate of drug-likeness (QED) is 0.176. The number of hydrogen-bond acceptors (Lipinski definition) is 5. The molecule has 0 radical (unpaired) electrons. The van der Waals surface area contributed by atoms with Gasteiger partial charge in [-0.15, -0.1) is 0 Å². The predicted molar refractivity (Wildman–Crippen MR) is 154 cm³/mol. The SMILES string of the molecule is Clc1ccc(C(CC2OCCO2)Cn2ccnc2)cc1Cl.O=CCC(Cn1ccnc1)c1ccc(Cl)c(Cl)c1. The molecule has 1 saturated heterocycles.